The van der Waals surface area contributed by atoms with Gasteiger partial charge in [-0.2, -0.15) is 5.26 Å². The van der Waals surface area contributed by atoms with Crippen LogP contribution in [0.25, 0.3) is 10.9 Å². The fraction of sp³-hybridized carbons (Fsp3) is 0.0625. The van der Waals surface area contributed by atoms with Crippen molar-refractivity contribution in [3.8, 4) is 6.07 Å². The summed E-state index contributed by atoms with van der Waals surface area (Å²) in [6.45, 7) is 0. The molecular formula is C16H13N3O3S2. The minimum Gasteiger partial charge on any atom is -0.360 e. The summed E-state index contributed by atoms with van der Waals surface area (Å²) in [5.74, 6) is 0. The monoisotopic (exact) mass is 359 g/mol. The Kier molecular flexibility index (Phi) is 4.13. The molecule has 0 aliphatic heterocycles. The van der Waals surface area contributed by atoms with E-state index in [1.54, 1.807) is 24.5 Å². The van der Waals surface area contributed by atoms with Crippen LogP contribution in [-0.4, -0.2) is 23.9 Å². The molecule has 1 atom stereocenters. The Morgan fingerprint density at radius 2 is 1.88 bits per heavy atom. The quantitative estimate of drug-likeness (QED) is 0.747. The predicted octanol–water partition coefficient (Wildman–Crippen LogP) is 2.58. The van der Waals surface area contributed by atoms with E-state index in [1.165, 1.54) is 30.5 Å². The smallest absolute Gasteiger partial charge is 0.264 e. The van der Waals surface area contributed by atoms with Gasteiger partial charge in [-0.15, -0.1) is 0 Å². The number of H-pyrrole nitrogens is 1. The highest BCUT2D eigenvalue weighted by atomic mass is 32.2. The molecule has 0 aliphatic rings. The van der Waals surface area contributed by atoms with Crippen LogP contribution in [0, 0.1) is 11.3 Å². The van der Waals surface area contributed by atoms with Crippen LogP contribution in [-0.2, 0) is 20.8 Å². The minimum absolute atomic E-state index is 0.107. The van der Waals surface area contributed by atoms with E-state index in [0.29, 0.717) is 27.0 Å². The zero-order chi connectivity index (χ0) is 17.3. The van der Waals surface area contributed by atoms with Gasteiger partial charge in [0.25, 0.3) is 10.0 Å². The third-order valence-corrected chi connectivity index (χ3v) is 5.84. The summed E-state index contributed by atoms with van der Waals surface area (Å²) >= 11 is 0. The first-order chi connectivity index (χ1) is 11.4. The van der Waals surface area contributed by atoms with Crippen LogP contribution in [0.5, 0.6) is 0 Å². The van der Waals surface area contributed by atoms with Gasteiger partial charge in [-0.1, -0.05) is 6.07 Å². The molecule has 3 aromatic rings. The van der Waals surface area contributed by atoms with E-state index in [9.17, 15) is 12.6 Å². The molecule has 122 valence electrons. The molecule has 0 fully saturated rings. The van der Waals surface area contributed by atoms with Gasteiger partial charge in [0.15, 0.2) is 0 Å². The highest BCUT2D eigenvalue weighted by molar-refractivity contribution is 7.93. The first-order valence-corrected chi connectivity index (χ1v) is 9.92. The Morgan fingerprint density at radius 3 is 2.50 bits per heavy atom. The number of hydrogen-bond acceptors (Lipinski definition) is 4. The topological polar surface area (TPSA) is 103 Å². The second-order valence-corrected chi connectivity index (χ2v) is 8.14. The summed E-state index contributed by atoms with van der Waals surface area (Å²) in [4.78, 5) is 3.62. The lowest BCUT2D eigenvalue weighted by atomic mass is 10.2. The number of sulfonamides is 1. The molecule has 0 bridgehead atoms. The SMILES string of the molecule is CS(=O)c1ccc2c(S(=O)(=O)Nc3ccc(C#N)cc3)c[nH]c2c1. The normalized spacial score (nSPS) is 12.7. The zero-order valence-electron chi connectivity index (χ0n) is 12.6. The number of aromatic amines is 1. The van der Waals surface area contributed by atoms with Crippen molar-refractivity contribution in [2.24, 2.45) is 0 Å². The zero-order valence-corrected chi connectivity index (χ0v) is 14.2. The molecule has 24 heavy (non-hydrogen) atoms. The Balaban J connectivity index is 1.98. The molecule has 0 saturated heterocycles. The molecule has 8 heteroatoms. The van der Waals surface area contributed by atoms with E-state index in [0.717, 1.165) is 0 Å². The number of aromatic nitrogens is 1. The lowest BCUT2D eigenvalue weighted by Crippen LogP contribution is -2.12. The number of nitrogens with zero attached hydrogens (tertiary/aromatic N) is 1. The third kappa shape index (κ3) is 3.04. The van der Waals surface area contributed by atoms with E-state index >= 15 is 0 Å². The molecule has 0 saturated carbocycles. The number of fused-ring (bicyclic) bond motifs is 1. The summed E-state index contributed by atoms with van der Waals surface area (Å²) in [6, 6.07) is 13.1. The van der Waals surface area contributed by atoms with Crippen LogP contribution in [0.2, 0.25) is 0 Å². The summed E-state index contributed by atoms with van der Waals surface area (Å²) < 4.78 is 39.2. The fourth-order valence-corrected chi connectivity index (χ4v) is 4.08. The molecule has 0 spiro atoms. The molecule has 1 aromatic heterocycles. The van der Waals surface area contributed by atoms with Crippen LogP contribution in [0.15, 0.2) is 58.5 Å². The van der Waals surface area contributed by atoms with Gasteiger partial charge in [0.1, 0.15) is 4.90 Å². The van der Waals surface area contributed by atoms with Crippen molar-refractivity contribution in [3.05, 3.63) is 54.2 Å². The standard InChI is InChI=1S/C16H13N3O3S2/c1-23(20)13-6-7-14-15(8-13)18-10-16(14)24(21,22)19-12-4-2-11(9-17)3-5-12/h2-8,10,18-19H,1H3. The van der Waals surface area contributed by atoms with Gasteiger partial charge in [0.05, 0.1) is 11.6 Å². The lowest BCUT2D eigenvalue weighted by molar-refractivity contribution is 0.602. The molecule has 2 aromatic carbocycles. The maximum Gasteiger partial charge on any atom is 0.264 e. The number of hydrogen-bond donors (Lipinski definition) is 2. The first kappa shape index (κ1) is 16.2. The van der Waals surface area contributed by atoms with Gasteiger partial charge in [-0.25, -0.2) is 8.42 Å². The van der Waals surface area contributed by atoms with Crippen LogP contribution in [0.1, 0.15) is 5.56 Å². The number of nitriles is 1. The van der Waals surface area contributed by atoms with Gasteiger partial charge in [-0.05, 0) is 36.4 Å². The van der Waals surface area contributed by atoms with Gasteiger partial charge in [0.2, 0.25) is 0 Å². The van der Waals surface area contributed by atoms with Gasteiger partial charge >= 0.3 is 0 Å². The molecule has 0 amide bonds. The molecular weight excluding hydrogens is 346 g/mol. The largest absolute Gasteiger partial charge is 0.360 e. The molecule has 0 radical (unpaired) electrons. The van der Waals surface area contributed by atoms with Crippen molar-refractivity contribution in [1.82, 2.24) is 4.98 Å². The van der Waals surface area contributed by atoms with Crippen molar-refractivity contribution in [1.29, 1.82) is 5.26 Å². The molecule has 1 heterocycles. The fourth-order valence-electron chi connectivity index (χ4n) is 2.30. The summed E-state index contributed by atoms with van der Waals surface area (Å²) in [6.07, 6.45) is 2.97. The van der Waals surface area contributed by atoms with E-state index in [2.05, 4.69) is 9.71 Å². The maximum atomic E-state index is 12.6. The second kappa shape index (κ2) is 6.11. The number of rotatable bonds is 4. The molecule has 6 nitrogen and oxygen atoms in total. The van der Waals surface area contributed by atoms with Gasteiger partial charge < -0.3 is 4.98 Å². The maximum absolute atomic E-state index is 12.6. The highest BCUT2D eigenvalue weighted by Crippen LogP contribution is 2.26. The van der Waals surface area contributed by atoms with Crippen molar-refractivity contribution in [2.45, 2.75) is 9.79 Å². The molecule has 0 aliphatic carbocycles. The number of benzene rings is 2. The summed E-state index contributed by atoms with van der Waals surface area (Å²) in [5, 5.41) is 9.30. The lowest BCUT2D eigenvalue weighted by Gasteiger charge is -2.07. The van der Waals surface area contributed by atoms with Gasteiger partial charge in [-0.3, -0.25) is 8.93 Å². The Hall–Kier alpha value is -2.63. The van der Waals surface area contributed by atoms with E-state index in [4.69, 9.17) is 5.26 Å². The third-order valence-electron chi connectivity index (χ3n) is 3.50. The predicted molar refractivity (Wildman–Crippen MR) is 92.6 cm³/mol. The number of nitrogens with one attached hydrogen (secondary N) is 2. The number of anilines is 1. The average Bonchev–Trinajstić information content (AvgIpc) is 2.99. The van der Waals surface area contributed by atoms with Gasteiger partial charge in [0, 0.05) is 44.7 Å². The molecule has 3 rings (SSSR count). The van der Waals surface area contributed by atoms with E-state index in [1.807, 2.05) is 6.07 Å². The second-order valence-electron chi connectivity index (χ2n) is 5.11. The van der Waals surface area contributed by atoms with Crippen molar-refractivity contribution < 1.29 is 12.6 Å². The minimum atomic E-state index is -3.79. The Morgan fingerprint density at radius 1 is 1.17 bits per heavy atom. The van der Waals surface area contributed by atoms with Crippen LogP contribution in [0.4, 0.5) is 5.69 Å². The van der Waals surface area contributed by atoms with Crippen LogP contribution < -0.4 is 4.72 Å². The molecule has 2 N–H and O–H groups in total. The summed E-state index contributed by atoms with van der Waals surface area (Å²) in [5.41, 5.74) is 1.42. The highest BCUT2D eigenvalue weighted by Gasteiger charge is 2.19. The summed E-state index contributed by atoms with van der Waals surface area (Å²) in [7, 11) is -4.93. The Labute approximate surface area is 141 Å². The van der Waals surface area contributed by atoms with Crippen molar-refractivity contribution in [3.63, 3.8) is 0 Å². The van der Waals surface area contributed by atoms with Crippen LogP contribution in [0.3, 0.4) is 0 Å². The average molecular weight is 359 g/mol. The van der Waals surface area contributed by atoms with E-state index in [-0.39, 0.29) is 4.90 Å². The van der Waals surface area contributed by atoms with Crippen molar-refractivity contribution >= 4 is 37.4 Å². The van der Waals surface area contributed by atoms with E-state index < -0.39 is 20.8 Å². The first-order valence-electron chi connectivity index (χ1n) is 6.88. The van der Waals surface area contributed by atoms with Crippen molar-refractivity contribution in [2.75, 3.05) is 11.0 Å². The molecule has 1 unspecified atom stereocenters. The Bertz CT molecular complexity index is 1080. The van der Waals surface area contributed by atoms with Crippen LogP contribution >= 0.6 is 0 Å².